The van der Waals surface area contributed by atoms with Gasteiger partial charge in [-0.1, -0.05) is 12.2 Å². The van der Waals surface area contributed by atoms with Crippen molar-refractivity contribution in [3.8, 4) is 0 Å². The monoisotopic (exact) mass is 255 g/mol. The molecule has 0 aromatic carbocycles. The van der Waals surface area contributed by atoms with Crippen molar-refractivity contribution in [1.29, 1.82) is 0 Å². The van der Waals surface area contributed by atoms with Crippen LogP contribution in [-0.4, -0.2) is 37.5 Å². The van der Waals surface area contributed by atoms with Gasteiger partial charge in [0.15, 0.2) is 0 Å². The van der Waals surface area contributed by atoms with E-state index in [1.807, 2.05) is 46.8 Å². The van der Waals surface area contributed by atoms with E-state index in [0.29, 0.717) is 0 Å². The smallest absolute Gasteiger partial charge is 0.453 e. The number of hydrogen-bond donors (Lipinski definition) is 1. The summed E-state index contributed by atoms with van der Waals surface area (Å²) in [6.45, 7) is 9.75. The number of amides is 1. The first-order valence-electron chi connectivity index (χ1n) is 6.06. The summed E-state index contributed by atoms with van der Waals surface area (Å²) in [5.74, 6) is -0.372. The molecule has 0 aliphatic carbocycles. The lowest BCUT2D eigenvalue weighted by Gasteiger charge is -2.32. The number of allylic oxidation sites excluding steroid dienone is 1. The van der Waals surface area contributed by atoms with E-state index in [4.69, 9.17) is 9.31 Å². The Morgan fingerprint density at radius 3 is 2.17 bits per heavy atom. The van der Waals surface area contributed by atoms with Crippen LogP contribution in [0.15, 0.2) is 12.2 Å². The normalized spacial score (nSPS) is 23.1. The van der Waals surface area contributed by atoms with E-state index in [1.54, 1.807) is 0 Å². The Kier molecular flexibility index (Phi) is 4.45. The van der Waals surface area contributed by atoms with Crippen LogP contribution in [0, 0.1) is 0 Å². The molecule has 6 heteroatoms. The third kappa shape index (κ3) is 3.06. The Morgan fingerprint density at radius 2 is 1.78 bits per heavy atom. The molecular formula is C12H22BNO4. The lowest BCUT2D eigenvalue weighted by atomic mass is 9.78. The molecule has 1 saturated heterocycles. The predicted octanol–water partition coefficient (Wildman–Crippen LogP) is 1.92. The number of rotatable bonds is 3. The second-order valence-corrected chi connectivity index (χ2v) is 5.31. The summed E-state index contributed by atoms with van der Waals surface area (Å²) in [5, 5.41) is 2.69. The SMILES string of the molecule is C/C=C/C(NC(=O)OC)B1OC(C)(C)C(C)(C)O1. The minimum Gasteiger partial charge on any atom is -0.453 e. The van der Waals surface area contributed by atoms with Gasteiger partial charge in [0, 0.05) is 0 Å². The van der Waals surface area contributed by atoms with Crippen LogP contribution in [-0.2, 0) is 14.0 Å². The molecule has 18 heavy (non-hydrogen) atoms. The molecule has 0 saturated carbocycles. The second-order valence-electron chi connectivity index (χ2n) is 5.31. The lowest BCUT2D eigenvalue weighted by Crippen LogP contribution is -2.46. The van der Waals surface area contributed by atoms with Crippen LogP contribution in [0.5, 0.6) is 0 Å². The van der Waals surface area contributed by atoms with Crippen molar-refractivity contribution in [2.75, 3.05) is 7.11 Å². The highest BCUT2D eigenvalue weighted by Crippen LogP contribution is 2.37. The standard InChI is InChI=1S/C12H22BNO4/c1-7-8-9(14-10(15)16-6)13-17-11(2,3)12(4,5)18-13/h7-9H,1-6H3,(H,14,15)/b8-7+. The first-order valence-corrected chi connectivity index (χ1v) is 6.06. The third-order valence-electron chi connectivity index (χ3n) is 3.43. The van der Waals surface area contributed by atoms with Crippen LogP contribution in [0.1, 0.15) is 34.6 Å². The van der Waals surface area contributed by atoms with Crippen LogP contribution in [0.3, 0.4) is 0 Å². The Bertz CT molecular complexity index is 325. The molecular weight excluding hydrogens is 233 g/mol. The molecule has 1 aliphatic heterocycles. The minimum atomic E-state index is -0.523. The average molecular weight is 255 g/mol. The largest absolute Gasteiger partial charge is 0.486 e. The number of methoxy groups -OCH3 is 1. The predicted molar refractivity (Wildman–Crippen MR) is 70.2 cm³/mol. The van der Waals surface area contributed by atoms with Gasteiger partial charge in [-0.2, -0.15) is 0 Å². The molecule has 0 spiro atoms. The first-order chi connectivity index (χ1) is 8.23. The Labute approximate surface area is 109 Å². The second kappa shape index (κ2) is 5.32. The van der Waals surface area contributed by atoms with Crippen molar-refractivity contribution in [1.82, 2.24) is 5.32 Å². The fraction of sp³-hybridized carbons (Fsp3) is 0.750. The molecule has 5 nitrogen and oxygen atoms in total. The van der Waals surface area contributed by atoms with Gasteiger partial charge in [-0.3, -0.25) is 0 Å². The van der Waals surface area contributed by atoms with Crippen molar-refractivity contribution in [2.24, 2.45) is 0 Å². The Balaban J connectivity index is 2.81. The maximum atomic E-state index is 11.3. The van der Waals surface area contributed by atoms with E-state index in [0.717, 1.165) is 0 Å². The van der Waals surface area contributed by atoms with E-state index in [9.17, 15) is 4.79 Å². The van der Waals surface area contributed by atoms with Crippen LogP contribution in [0.2, 0.25) is 0 Å². The van der Waals surface area contributed by atoms with Gasteiger partial charge < -0.3 is 19.4 Å². The molecule has 1 heterocycles. The summed E-state index contributed by atoms with van der Waals surface area (Å²) in [6, 6.07) is 0. The Morgan fingerprint density at radius 1 is 1.28 bits per heavy atom. The highest BCUT2D eigenvalue weighted by atomic mass is 16.7. The average Bonchev–Trinajstić information content (AvgIpc) is 2.47. The van der Waals surface area contributed by atoms with Crippen molar-refractivity contribution < 1.29 is 18.8 Å². The molecule has 0 aromatic heterocycles. The van der Waals surface area contributed by atoms with E-state index in [1.165, 1.54) is 7.11 Å². The molecule has 1 atom stereocenters. The molecule has 1 aliphatic rings. The molecule has 1 N–H and O–H groups in total. The zero-order valence-corrected chi connectivity index (χ0v) is 11.9. The quantitative estimate of drug-likeness (QED) is 0.618. The fourth-order valence-corrected chi connectivity index (χ4v) is 1.64. The summed E-state index contributed by atoms with van der Waals surface area (Å²) < 4.78 is 16.4. The van der Waals surface area contributed by atoms with E-state index in [2.05, 4.69) is 10.1 Å². The zero-order valence-electron chi connectivity index (χ0n) is 11.9. The van der Waals surface area contributed by atoms with Crippen LogP contribution in [0.4, 0.5) is 4.79 Å². The summed E-state index contributed by atoms with van der Waals surface area (Å²) in [5.41, 5.74) is -0.843. The molecule has 1 fully saturated rings. The molecule has 102 valence electrons. The van der Waals surface area contributed by atoms with Gasteiger partial charge in [0.1, 0.15) is 0 Å². The molecule has 0 aromatic rings. The highest BCUT2D eigenvalue weighted by Gasteiger charge is 2.53. The fourth-order valence-electron chi connectivity index (χ4n) is 1.64. The topological polar surface area (TPSA) is 56.8 Å². The van der Waals surface area contributed by atoms with Crippen LogP contribution in [0.25, 0.3) is 0 Å². The Hall–Kier alpha value is -1.01. The number of alkyl carbamates (subject to hydrolysis) is 1. The maximum Gasteiger partial charge on any atom is 0.486 e. The van der Waals surface area contributed by atoms with E-state index >= 15 is 0 Å². The summed E-state index contributed by atoms with van der Waals surface area (Å²) in [4.78, 5) is 11.3. The number of carbonyl (C=O) groups excluding carboxylic acids is 1. The molecule has 1 rings (SSSR count). The van der Waals surface area contributed by atoms with Gasteiger partial charge in [0.2, 0.25) is 0 Å². The number of nitrogens with one attached hydrogen (secondary N) is 1. The van der Waals surface area contributed by atoms with Gasteiger partial charge in [-0.15, -0.1) is 0 Å². The number of hydrogen-bond acceptors (Lipinski definition) is 4. The van der Waals surface area contributed by atoms with Crippen molar-refractivity contribution in [2.45, 2.75) is 51.8 Å². The van der Waals surface area contributed by atoms with Gasteiger partial charge in [0.05, 0.1) is 24.3 Å². The summed E-state index contributed by atoms with van der Waals surface area (Å²) >= 11 is 0. The summed E-state index contributed by atoms with van der Waals surface area (Å²) in [7, 11) is 0.803. The third-order valence-corrected chi connectivity index (χ3v) is 3.43. The molecule has 0 radical (unpaired) electrons. The number of carbonyl (C=O) groups is 1. The van der Waals surface area contributed by atoms with E-state index < -0.39 is 24.4 Å². The van der Waals surface area contributed by atoms with Gasteiger partial charge >= 0.3 is 13.2 Å². The number of ether oxygens (including phenoxy) is 1. The molecule has 0 bridgehead atoms. The van der Waals surface area contributed by atoms with Crippen LogP contribution >= 0.6 is 0 Å². The van der Waals surface area contributed by atoms with Gasteiger partial charge in [-0.05, 0) is 34.6 Å². The van der Waals surface area contributed by atoms with Crippen molar-refractivity contribution in [3.63, 3.8) is 0 Å². The van der Waals surface area contributed by atoms with E-state index in [-0.39, 0.29) is 5.94 Å². The molecule has 1 amide bonds. The molecule has 1 unspecified atom stereocenters. The zero-order chi connectivity index (χ0) is 14.0. The van der Waals surface area contributed by atoms with Crippen LogP contribution < -0.4 is 5.32 Å². The van der Waals surface area contributed by atoms with Crippen molar-refractivity contribution in [3.05, 3.63) is 12.2 Å². The highest BCUT2D eigenvalue weighted by molar-refractivity contribution is 6.48. The summed E-state index contributed by atoms with van der Waals surface area (Å²) in [6.07, 6.45) is 3.15. The van der Waals surface area contributed by atoms with Crippen molar-refractivity contribution >= 4 is 13.2 Å². The maximum absolute atomic E-state index is 11.3. The van der Waals surface area contributed by atoms with Gasteiger partial charge in [0.25, 0.3) is 0 Å². The lowest BCUT2D eigenvalue weighted by molar-refractivity contribution is 0.00578. The first kappa shape index (κ1) is 15.1. The van der Waals surface area contributed by atoms with Gasteiger partial charge in [-0.25, -0.2) is 4.79 Å². The minimum absolute atomic E-state index is 0.372.